The van der Waals surface area contributed by atoms with Gasteiger partial charge in [0.05, 0.1) is 0 Å². The molecule has 80 heavy (non-hydrogen) atoms. The summed E-state index contributed by atoms with van der Waals surface area (Å²) in [6.07, 6.45) is 48.7. The van der Waals surface area contributed by atoms with Gasteiger partial charge < -0.3 is 5.32 Å². The lowest BCUT2D eigenvalue weighted by molar-refractivity contribution is -0.697. The molecule has 0 aliphatic rings. The van der Waals surface area contributed by atoms with Crippen molar-refractivity contribution in [3.8, 4) is 0 Å². The third-order valence-corrected chi connectivity index (χ3v) is 15.2. The maximum atomic E-state index is 4.80. The summed E-state index contributed by atoms with van der Waals surface area (Å²) < 4.78 is 4.81. The van der Waals surface area contributed by atoms with Crippen LogP contribution in [-0.4, -0.2) is 19.3 Å². The highest BCUT2D eigenvalue weighted by molar-refractivity contribution is 5.71. The average Bonchev–Trinajstić information content (AvgIpc) is 3.49. The molecule has 414 valence electrons. The highest BCUT2D eigenvalue weighted by Crippen LogP contribution is 2.26. The topological polar surface area (TPSA) is 32.1 Å². The Kier molecular flexibility index (Phi) is 27.6. The molecule has 0 atom stereocenters. The summed E-state index contributed by atoms with van der Waals surface area (Å²) >= 11 is 0. The summed E-state index contributed by atoms with van der Waals surface area (Å²) in [7, 11) is 0. The van der Waals surface area contributed by atoms with Crippen LogP contribution in [0, 0.1) is 0 Å². The number of benzene rings is 5. The molecule has 0 aliphatic carbocycles. The molecule has 0 spiro atoms. The molecule has 5 aromatic carbocycles. The zero-order valence-electron chi connectivity index (χ0n) is 48.5. The molecule has 0 fully saturated rings. The van der Waals surface area contributed by atoms with Gasteiger partial charge in [-0.1, -0.05) is 183 Å². The largest absolute Gasteiger partial charge is 0.391 e. The van der Waals surface area contributed by atoms with Gasteiger partial charge in [0.25, 0.3) is 0 Å². The second-order valence-electron chi connectivity index (χ2n) is 21.7. The van der Waals surface area contributed by atoms with Gasteiger partial charge in [0.1, 0.15) is 13.1 Å². The van der Waals surface area contributed by atoms with E-state index < -0.39 is 0 Å². The van der Waals surface area contributed by atoms with Crippen LogP contribution >= 0.6 is 0 Å². The second-order valence-corrected chi connectivity index (χ2v) is 21.7. The standard InChI is InChI=1S/C76H92N4/c1-3-5-33-70(57-67-36-16-7-17-37-67)62-78-50-27-11-23-46-74-61-75(47-24-12-28-52-79-54-31-43-71(63-79)58-68-38-18-8-19-39-68)73(45-22-10-26-49-77-51-30-42-65(4-2)56-66-34-14-6-15-35-66)60-76(74)48-25-13-29-53-80-55-32-44-72(64-80)59-69-40-20-9-21-41-69/h3-9,14-21,30-44,51,54-55,60-64,78H,1,10-13,22-29,45-50,52-53,56-59H2,2H3/q+2/b33-5-,42-30-,65-4+,70-62+,77-51+. The zero-order chi connectivity index (χ0) is 55.3. The van der Waals surface area contributed by atoms with Crippen molar-refractivity contribution in [2.24, 2.45) is 4.99 Å². The van der Waals surface area contributed by atoms with Crippen LogP contribution in [0.5, 0.6) is 0 Å². The summed E-state index contributed by atoms with van der Waals surface area (Å²) in [5, 5.41) is 3.65. The summed E-state index contributed by atoms with van der Waals surface area (Å²) in [5.41, 5.74) is 17.1. The summed E-state index contributed by atoms with van der Waals surface area (Å²) in [6.45, 7) is 10.0. The van der Waals surface area contributed by atoms with Crippen LogP contribution in [-0.2, 0) is 64.5 Å². The molecule has 1 N–H and O–H groups in total. The number of aliphatic imine (C=N–C) groups is 1. The molecule has 2 heterocycles. The average molecular weight is 1060 g/mol. The minimum Gasteiger partial charge on any atom is -0.391 e. The van der Waals surface area contributed by atoms with Crippen LogP contribution in [0.2, 0.25) is 0 Å². The number of hydrogen-bond acceptors (Lipinski definition) is 2. The highest BCUT2D eigenvalue weighted by atomic mass is 14.9. The van der Waals surface area contributed by atoms with Crippen molar-refractivity contribution in [2.45, 2.75) is 148 Å². The van der Waals surface area contributed by atoms with E-state index in [2.05, 4.69) is 241 Å². The fourth-order valence-corrected chi connectivity index (χ4v) is 10.8. The van der Waals surface area contributed by atoms with Gasteiger partial charge in [-0.2, -0.15) is 0 Å². The first kappa shape index (κ1) is 60.2. The van der Waals surface area contributed by atoms with Crippen LogP contribution < -0.4 is 14.5 Å². The SMILES string of the molecule is C=C/C=C\C(=C/NCCCCCc1cc(CCCCC[n+]2cccc(Cc3ccccc3)c2)c(CCCCC/N=C/C=C\C(=C/C)Cc2ccccc2)cc1CCCCC[n+]1cccc(Cc2ccccc2)c1)Cc1ccccc1. The Morgan fingerprint density at radius 1 is 0.450 bits per heavy atom. The van der Waals surface area contributed by atoms with E-state index in [0.29, 0.717) is 0 Å². The summed E-state index contributed by atoms with van der Waals surface area (Å²) in [5.74, 6) is 0. The minimum absolute atomic E-state index is 0.876. The van der Waals surface area contributed by atoms with E-state index in [1.807, 2.05) is 18.4 Å². The third-order valence-electron chi connectivity index (χ3n) is 15.2. The molecule has 2 aromatic heterocycles. The lowest BCUT2D eigenvalue weighted by Gasteiger charge is -2.18. The fraction of sp³-hybridized carbons (Fsp3) is 0.329. The summed E-state index contributed by atoms with van der Waals surface area (Å²) in [6, 6.07) is 57.4. The predicted molar refractivity (Wildman–Crippen MR) is 340 cm³/mol. The van der Waals surface area contributed by atoms with Gasteiger partial charge >= 0.3 is 0 Å². The Bertz CT molecular complexity index is 2980. The van der Waals surface area contributed by atoms with Crippen LogP contribution in [0.4, 0.5) is 0 Å². The van der Waals surface area contributed by atoms with Crippen molar-refractivity contribution >= 4 is 6.21 Å². The Labute approximate surface area is 483 Å². The van der Waals surface area contributed by atoms with Crippen LogP contribution in [0.1, 0.15) is 140 Å². The lowest BCUT2D eigenvalue weighted by atomic mass is 9.88. The number of nitrogens with zero attached hydrogens (tertiary/aromatic N) is 3. The molecular weight excluding hydrogens is 969 g/mol. The van der Waals surface area contributed by atoms with E-state index in [1.165, 1.54) is 109 Å². The maximum Gasteiger partial charge on any atom is 0.172 e. The van der Waals surface area contributed by atoms with E-state index in [4.69, 9.17) is 4.99 Å². The van der Waals surface area contributed by atoms with Crippen molar-refractivity contribution in [3.63, 3.8) is 0 Å². The number of aryl methyl sites for hydroxylation is 6. The molecule has 0 amide bonds. The smallest absolute Gasteiger partial charge is 0.172 e. The van der Waals surface area contributed by atoms with Gasteiger partial charge in [-0.05, 0) is 177 Å². The molecule has 0 unspecified atom stereocenters. The maximum absolute atomic E-state index is 4.80. The number of unbranched alkanes of at least 4 members (excludes halogenated alkanes) is 8. The van der Waals surface area contributed by atoms with Gasteiger partial charge in [-0.3, -0.25) is 4.99 Å². The van der Waals surface area contributed by atoms with Crippen molar-refractivity contribution < 1.29 is 9.13 Å². The highest BCUT2D eigenvalue weighted by Gasteiger charge is 2.13. The number of pyridine rings is 2. The van der Waals surface area contributed by atoms with Gasteiger partial charge in [0.2, 0.25) is 0 Å². The molecule has 0 bridgehead atoms. The Hall–Kier alpha value is -7.43. The third kappa shape index (κ3) is 23.5. The first-order valence-electron chi connectivity index (χ1n) is 30.4. The number of nitrogens with one attached hydrogen (secondary N) is 1. The number of aromatic nitrogens is 2. The van der Waals surface area contributed by atoms with Crippen molar-refractivity contribution in [1.82, 2.24) is 5.32 Å². The van der Waals surface area contributed by atoms with E-state index in [0.717, 1.165) is 90.4 Å². The molecule has 0 radical (unpaired) electrons. The Morgan fingerprint density at radius 3 is 1.35 bits per heavy atom. The molecule has 7 rings (SSSR count). The molecule has 0 aliphatic heterocycles. The van der Waals surface area contributed by atoms with Crippen LogP contribution in [0.3, 0.4) is 0 Å². The molecule has 0 saturated heterocycles. The van der Waals surface area contributed by atoms with Crippen molar-refractivity contribution in [3.05, 3.63) is 299 Å². The molecule has 0 saturated carbocycles. The second kappa shape index (κ2) is 36.7. The number of rotatable bonds is 37. The minimum atomic E-state index is 0.876. The Balaban J connectivity index is 0.982. The number of hydrogen-bond donors (Lipinski definition) is 1. The van der Waals surface area contributed by atoms with Gasteiger partial charge in [-0.15, -0.1) is 0 Å². The first-order valence-corrected chi connectivity index (χ1v) is 30.4. The normalized spacial score (nSPS) is 12.1. The molecular formula is C76H92N4+2. The van der Waals surface area contributed by atoms with Crippen molar-refractivity contribution in [2.75, 3.05) is 13.1 Å². The molecule has 7 aromatic rings. The number of allylic oxidation sites excluding steroid dienone is 8. The van der Waals surface area contributed by atoms with Gasteiger partial charge in [0, 0.05) is 68.2 Å². The van der Waals surface area contributed by atoms with Gasteiger partial charge in [0.15, 0.2) is 24.8 Å². The predicted octanol–water partition coefficient (Wildman–Crippen LogP) is 17.0. The van der Waals surface area contributed by atoms with E-state index in [1.54, 1.807) is 22.3 Å². The first-order chi connectivity index (χ1) is 39.6. The summed E-state index contributed by atoms with van der Waals surface area (Å²) in [4.78, 5) is 4.80. The van der Waals surface area contributed by atoms with Crippen molar-refractivity contribution in [1.29, 1.82) is 0 Å². The van der Waals surface area contributed by atoms with E-state index in [9.17, 15) is 0 Å². The Morgan fingerprint density at radius 2 is 0.875 bits per heavy atom. The zero-order valence-corrected chi connectivity index (χ0v) is 48.5. The van der Waals surface area contributed by atoms with E-state index >= 15 is 0 Å². The van der Waals surface area contributed by atoms with Crippen LogP contribution in [0.15, 0.2) is 248 Å². The molecule has 4 nitrogen and oxygen atoms in total. The fourth-order valence-electron chi connectivity index (χ4n) is 10.8. The van der Waals surface area contributed by atoms with E-state index in [-0.39, 0.29) is 0 Å². The molecule has 4 heteroatoms. The lowest BCUT2D eigenvalue weighted by Crippen LogP contribution is -2.33. The monoisotopic (exact) mass is 1060 g/mol. The van der Waals surface area contributed by atoms with Crippen LogP contribution in [0.25, 0.3) is 0 Å². The quantitative estimate of drug-likeness (QED) is 0.0179. The van der Waals surface area contributed by atoms with Gasteiger partial charge in [-0.25, -0.2) is 9.13 Å².